The summed E-state index contributed by atoms with van der Waals surface area (Å²) in [6.07, 6.45) is 3.65. The predicted molar refractivity (Wildman–Crippen MR) is 93.9 cm³/mol. The van der Waals surface area contributed by atoms with Crippen molar-refractivity contribution in [1.82, 2.24) is 5.01 Å². The molecule has 0 fully saturated rings. The molecule has 0 unspecified atom stereocenters. The summed E-state index contributed by atoms with van der Waals surface area (Å²) >= 11 is 0. The van der Waals surface area contributed by atoms with Crippen LogP contribution >= 0.6 is 0 Å². The summed E-state index contributed by atoms with van der Waals surface area (Å²) in [6.45, 7) is 6.23. The van der Waals surface area contributed by atoms with Crippen molar-refractivity contribution in [2.75, 3.05) is 12.3 Å². The van der Waals surface area contributed by atoms with Gasteiger partial charge in [0.05, 0.1) is 24.7 Å². The molecule has 0 spiro atoms. The molecule has 1 rings (SSSR count). The van der Waals surface area contributed by atoms with Gasteiger partial charge in [0.25, 0.3) is 0 Å². The SMILES string of the molecule is CCCCCC(=O)N(CCC#N)/N=C(\C)c1cc(C)ccc1N. The fraction of sp³-hybridized carbons (Fsp3) is 0.500. The lowest BCUT2D eigenvalue weighted by molar-refractivity contribution is -0.131. The minimum Gasteiger partial charge on any atom is -0.398 e. The lowest BCUT2D eigenvalue weighted by Gasteiger charge is -2.18. The first-order valence-corrected chi connectivity index (χ1v) is 8.08. The van der Waals surface area contributed by atoms with E-state index in [-0.39, 0.29) is 12.3 Å². The van der Waals surface area contributed by atoms with Crippen molar-refractivity contribution in [1.29, 1.82) is 5.26 Å². The maximum atomic E-state index is 12.3. The number of carbonyl (C=O) groups is 1. The molecule has 5 nitrogen and oxygen atoms in total. The summed E-state index contributed by atoms with van der Waals surface area (Å²) in [5.41, 5.74) is 9.24. The highest BCUT2D eigenvalue weighted by atomic mass is 16.2. The molecule has 1 amide bonds. The molecule has 1 aromatic rings. The number of hydrogen-bond acceptors (Lipinski definition) is 4. The molecule has 0 aliphatic carbocycles. The van der Waals surface area contributed by atoms with Gasteiger partial charge in [0.15, 0.2) is 0 Å². The summed E-state index contributed by atoms with van der Waals surface area (Å²) in [5.74, 6) is -0.0423. The number of aryl methyl sites for hydroxylation is 1. The Morgan fingerprint density at radius 1 is 1.39 bits per heavy atom. The molecule has 0 aliphatic heterocycles. The molecule has 1 aromatic carbocycles. The van der Waals surface area contributed by atoms with Crippen LogP contribution in [0.4, 0.5) is 5.69 Å². The lowest BCUT2D eigenvalue weighted by atomic mass is 10.1. The van der Waals surface area contributed by atoms with Crippen molar-refractivity contribution >= 4 is 17.3 Å². The van der Waals surface area contributed by atoms with Crippen molar-refractivity contribution in [2.24, 2.45) is 5.10 Å². The van der Waals surface area contributed by atoms with Gasteiger partial charge in [-0.2, -0.15) is 10.4 Å². The van der Waals surface area contributed by atoms with Crippen LogP contribution in [0.15, 0.2) is 23.3 Å². The third kappa shape index (κ3) is 6.11. The van der Waals surface area contributed by atoms with Gasteiger partial charge in [-0.3, -0.25) is 4.79 Å². The maximum Gasteiger partial charge on any atom is 0.242 e. The Morgan fingerprint density at radius 3 is 2.78 bits per heavy atom. The maximum absolute atomic E-state index is 12.3. The molecule has 0 heterocycles. The largest absolute Gasteiger partial charge is 0.398 e. The number of unbranched alkanes of at least 4 members (excludes halogenated alkanes) is 2. The zero-order valence-corrected chi connectivity index (χ0v) is 14.3. The van der Waals surface area contributed by atoms with E-state index >= 15 is 0 Å². The highest BCUT2D eigenvalue weighted by molar-refractivity contribution is 6.03. The average Bonchev–Trinajstić information content (AvgIpc) is 2.53. The number of nitrogens with two attached hydrogens (primary N) is 1. The summed E-state index contributed by atoms with van der Waals surface area (Å²) < 4.78 is 0. The predicted octanol–water partition coefficient (Wildman–Crippen LogP) is 3.62. The number of hydrazone groups is 1. The number of nitrogens with zero attached hydrogens (tertiary/aromatic N) is 3. The summed E-state index contributed by atoms with van der Waals surface area (Å²) in [6, 6.07) is 7.80. The molecule has 5 heteroatoms. The van der Waals surface area contributed by atoms with E-state index in [1.54, 1.807) is 0 Å². The van der Waals surface area contributed by atoms with Crippen LogP contribution < -0.4 is 5.73 Å². The van der Waals surface area contributed by atoms with Gasteiger partial charge in [-0.15, -0.1) is 0 Å². The fourth-order valence-corrected chi connectivity index (χ4v) is 2.26. The molecule has 0 aromatic heterocycles. The molecule has 0 bridgehead atoms. The van der Waals surface area contributed by atoms with E-state index in [1.807, 2.05) is 32.0 Å². The number of hydrogen-bond donors (Lipinski definition) is 1. The highest BCUT2D eigenvalue weighted by Crippen LogP contribution is 2.16. The van der Waals surface area contributed by atoms with E-state index in [9.17, 15) is 4.79 Å². The van der Waals surface area contributed by atoms with Crippen molar-refractivity contribution in [3.8, 4) is 6.07 Å². The molecule has 0 aliphatic rings. The van der Waals surface area contributed by atoms with E-state index in [0.29, 0.717) is 24.4 Å². The van der Waals surface area contributed by atoms with Crippen LogP contribution in [0.25, 0.3) is 0 Å². The van der Waals surface area contributed by atoms with Crippen molar-refractivity contribution in [2.45, 2.75) is 52.9 Å². The molecule has 0 atom stereocenters. The molecule has 23 heavy (non-hydrogen) atoms. The summed E-state index contributed by atoms with van der Waals surface area (Å²) in [4.78, 5) is 12.3. The molecule has 0 saturated heterocycles. The van der Waals surface area contributed by atoms with E-state index in [0.717, 1.165) is 30.4 Å². The number of anilines is 1. The van der Waals surface area contributed by atoms with Crippen molar-refractivity contribution < 1.29 is 4.79 Å². The Bertz CT molecular complexity index is 602. The third-order valence-electron chi connectivity index (χ3n) is 3.59. The normalized spacial score (nSPS) is 11.1. The zero-order chi connectivity index (χ0) is 17.2. The van der Waals surface area contributed by atoms with Gasteiger partial charge >= 0.3 is 0 Å². The number of rotatable bonds is 8. The molecule has 0 saturated carbocycles. The second-order valence-electron chi connectivity index (χ2n) is 5.66. The van der Waals surface area contributed by atoms with Crippen LogP contribution in [0, 0.1) is 18.3 Å². The molecule has 124 valence electrons. The Hall–Kier alpha value is -2.35. The number of amides is 1. The standard InChI is InChI=1S/C18H26N4O/c1-4-5-6-8-18(23)22(12-7-11-19)21-15(3)16-13-14(2)9-10-17(16)20/h9-10,13H,4-8,12,20H2,1-3H3/b21-15+. The minimum atomic E-state index is -0.0423. The monoisotopic (exact) mass is 314 g/mol. The average molecular weight is 314 g/mol. The van der Waals surface area contributed by atoms with E-state index < -0.39 is 0 Å². The Kier molecular flexibility index (Phi) is 7.82. The van der Waals surface area contributed by atoms with Crippen LogP contribution in [0.5, 0.6) is 0 Å². The van der Waals surface area contributed by atoms with Gasteiger partial charge in [-0.25, -0.2) is 5.01 Å². The topological polar surface area (TPSA) is 82.5 Å². The first-order chi connectivity index (χ1) is 11.0. The van der Waals surface area contributed by atoms with E-state index in [4.69, 9.17) is 11.0 Å². The number of nitrogen functional groups attached to an aromatic ring is 1. The van der Waals surface area contributed by atoms with Crippen LogP contribution in [0.1, 0.15) is 57.1 Å². The highest BCUT2D eigenvalue weighted by Gasteiger charge is 2.13. The number of benzene rings is 1. The Balaban J connectivity index is 2.95. The minimum absolute atomic E-state index is 0.0423. The van der Waals surface area contributed by atoms with Crippen LogP contribution in [0.2, 0.25) is 0 Å². The molecular weight excluding hydrogens is 288 g/mol. The van der Waals surface area contributed by atoms with Gasteiger partial charge < -0.3 is 5.73 Å². The second-order valence-corrected chi connectivity index (χ2v) is 5.66. The van der Waals surface area contributed by atoms with Gasteiger partial charge in [-0.1, -0.05) is 31.4 Å². The van der Waals surface area contributed by atoms with Gasteiger partial charge in [0, 0.05) is 17.7 Å². The van der Waals surface area contributed by atoms with Gasteiger partial charge in [-0.05, 0) is 32.4 Å². The third-order valence-corrected chi connectivity index (χ3v) is 3.59. The molecular formula is C18H26N4O. The quantitative estimate of drug-likeness (QED) is 0.344. The summed E-state index contributed by atoms with van der Waals surface area (Å²) in [7, 11) is 0. The lowest BCUT2D eigenvalue weighted by Crippen LogP contribution is -2.28. The number of carbonyl (C=O) groups excluding carboxylic acids is 1. The first-order valence-electron chi connectivity index (χ1n) is 8.08. The smallest absolute Gasteiger partial charge is 0.242 e. The summed E-state index contributed by atoms with van der Waals surface area (Å²) in [5, 5.41) is 14.6. The van der Waals surface area contributed by atoms with Gasteiger partial charge in [0.1, 0.15) is 0 Å². The van der Waals surface area contributed by atoms with Crippen LogP contribution in [0.3, 0.4) is 0 Å². The first kappa shape index (κ1) is 18.7. The van der Waals surface area contributed by atoms with Crippen LogP contribution in [-0.2, 0) is 4.79 Å². The van der Waals surface area contributed by atoms with Crippen molar-refractivity contribution in [3.63, 3.8) is 0 Å². The van der Waals surface area contributed by atoms with Gasteiger partial charge in [0.2, 0.25) is 5.91 Å². The zero-order valence-electron chi connectivity index (χ0n) is 14.3. The Labute approximate surface area is 138 Å². The Morgan fingerprint density at radius 2 is 2.13 bits per heavy atom. The van der Waals surface area contributed by atoms with E-state index in [2.05, 4.69) is 18.1 Å². The molecule has 0 radical (unpaired) electrons. The van der Waals surface area contributed by atoms with Crippen LogP contribution in [-0.4, -0.2) is 23.2 Å². The number of nitriles is 1. The second kappa shape index (κ2) is 9.62. The fourth-order valence-electron chi connectivity index (χ4n) is 2.26. The van der Waals surface area contributed by atoms with E-state index in [1.165, 1.54) is 5.01 Å². The van der Waals surface area contributed by atoms with Crippen molar-refractivity contribution in [3.05, 3.63) is 29.3 Å². The molecule has 2 N–H and O–H groups in total.